The van der Waals surface area contributed by atoms with E-state index in [1.165, 1.54) is 0 Å². The zero-order chi connectivity index (χ0) is 30.9. The summed E-state index contributed by atoms with van der Waals surface area (Å²) in [6, 6.07) is 7.68. The molecule has 1 aromatic rings. The minimum Gasteiger partial charge on any atom is -0.455 e. The standard InChI is InChI=1S/C33H43N3O7/c1-21(2)35-18-10-6-9-15-25(38)34(4)22(3)28(23-13-7-5-8-14-23)42-32(41)26-24-16-17-33(43-24)27(26)30(39)36(19-11-12-20-37)29(33)31(35)40/h5-8,10,13-14,16-17,21-22,24,26-29,37H,9,11-12,15,18-20H2,1-4H3/b10-6-/t22-,24+,26-,27-,28+,29+,33-/m0/s1. The number of likely N-dealkylation sites (N-methyl/N-ethyl adjacent to an activating group) is 1. The Balaban J connectivity index is 1.58. The number of carbonyl (C=O) groups is 4. The van der Waals surface area contributed by atoms with Crippen molar-refractivity contribution in [2.75, 3.05) is 26.7 Å². The molecule has 0 radical (unpaired) electrons. The van der Waals surface area contributed by atoms with Crippen molar-refractivity contribution < 1.29 is 33.8 Å². The molecule has 1 aromatic carbocycles. The van der Waals surface area contributed by atoms with E-state index in [0.717, 1.165) is 5.56 Å². The van der Waals surface area contributed by atoms with Crippen molar-refractivity contribution in [3.63, 3.8) is 0 Å². The van der Waals surface area contributed by atoms with Gasteiger partial charge in [-0.2, -0.15) is 0 Å². The third-order valence-electron chi connectivity index (χ3n) is 9.40. The number of fused-ring (bicyclic) bond motifs is 2. The molecule has 1 N–H and O–H groups in total. The van der Waals surface area contributed by atoms with Crippen molar-refractivity contribution >= 4 is 23.7 Å². The summed E-state index contributed by atoms with van der Waals surface area (Å²) in [7, 11) is 1.71. The van der Waals surface area contributed by atoms with Gasteiger partial charge >= 0.3 is 5.97 Å². The maximum absolute atomic E-state index is 14.4. The van der Waals surface area contributed by atoms with Crippen LogP contribution in [0.5, 0.6) is 0 Å². The van der Waals surface area contributed by atoms with Gasteiger partial charge in [-0.3, -0.25) is 19.2 Å². The molecule has 5 rings (SSSR count). The van der Waals surface area contributed by atoms with Crippen LogP contribution in [0.25, 0.3) is 0 Å². The van der Waals surface area contributed by atoms with E-state index < -0.39 is 47.7 Å². The monoisotopic (exact) mass is 593 g/mol. The fraction of sp³-hybridized carbons (Fsp3) is 0.576. The molecule has 10 heteroatoms. The Labute approximate surface area is 253 Å². The molecule has 0 saturated carbocycles. The Morgan fingerprint density at radius 1 is 1.05 bits per heavy atom. The molecular formula is C33H43N3O7. The second-order valence-electron chi connectivity index (χ2n) is 12.3. The Bertz CT molecular complexity index is 1280. The molecule has 1 spiro atoms. The van der Waals surface area contributed by atoms with Crippen LogP contribution >= 0.6 is 0 Å². The molecule has 3 amide bonds. The molecule has 232 valence electrons. The highest BCUT2D eigenvalue weighted by atomic mass is 16.6. The molecule has 4 heterocycles. The molecule has 4 aliphatic heterocycles. The molecular weight excluding hydrogens is 550 g/mol. The number of rotatable bonds is 6. The van der Waals surface area contributed by atoms with Gasteiger partial charge in [-0.15, -0.1) is 0 Å². The topological polar surface area (TPSA) is 117 Å². The number of amides is 3. The van der Waals surface area contributed by atoms with Gasteiger partial charge in [0.1, 0.15) is 23.7 Å². The Hall–Kier alpha value is -3.50. The minimum absolute atomic E-state index is 0.0262. The summed E-state index contributed by atoms with van der Waals surface area (Å²) in [4.78, 5) is 60.7. The number of allylic oxidation sites excluding steroid dienone is 1. The number of hydrogen-bond donors (Lipinski definition) is 1. The van der Waals surface area contributed by atoms with E-state index >= 15 is 0 Å². The number of unbranched alkanes of at least 4 members (excludes halogenated alkanes) is 1. The lowest BCUT2D eigenvalue weighted by Gasteiger charge is -2.37. The quantitative estimate of drug-likeness (QED) is 0.306. The molecule has 5 bridgehead atoms. The van der Waals surface area contributed by atoms with E-state index in [-0.39, 0.29) is 43.3 Å². The average molecular weight is 594 g/mol. The molecule has 0 aliphatic carbocycles. The van der Waals surface area contributed by atoms with Crippen LogP contribution in [0.2, 0.25) is 0 Å². The van der Waals surface area contributed by atoms with Gasteiger partial charge < -0.3 is 29.3 Å². The molecule has 4 aliphatic rings. The first-order chi connectivity index (χ1) is 20.6. The van der Waals surface area contributed by atoms with Crippen molar-refractivity contribution in [1.29, 1.82) is 0 Å². The van der Waals surface area contributed by atoms with Crippen LogP contribution in [0.1, 0.15) is 58.1 Å². The van der Waals surface area contributed by atoms with Crippen LogP contribution in [0.15, 0.2) is 54.6 Å². The Morgan fingerprint density at radius 3 is 2.49 bits per heavy atom. The predicted molar refractivity (Wildman–Crippen MR) is 158 cm³/mol. The van der Waals surface area contributed by atoms with Gasteiger partial charge in [0, 0.05) is 39.2 Å². The summed E-state index contributed by atoms with van der Waals surface area (Å²) in [6.45, 7) is 6.23. The molecule has 0 aromatic heterocycles. The number of carbonyl (C=O) groups excluding carboxylic acids is 4. The highest BCUT2D eigenvalue weighted by molar-refractivity contribution is 5.99. The van der Waals surface area contributed by atoms with Crippen molar-refractivity contribution in [2.24, 2.45) is 11.8 Å². The van der Waals surface area contributed by atoms with E-state index in [1.807, 2.05) is 63.3 Å². The Morgan fingerprint density at radius 2 is 1.79 bits per heavy atom. The lowest BCUT2D eigenvalue weighted by atomic mass is 9.74. The largest absolute Gasteiger partial charge is 0.455 e. The minimum atomic E-state index is -1.30. The van der Waals surface area contributed by atoms with Gasteiger partial charge in [0.15, 0.2) is 0 Å². The normalized spacial score (nSPS) is 33.9. The van der Waals surface area contributed by atoms with Crippen molar-refractivity contribution in [3.8, 4) is 0 Å². The predicted octanol–water partition coefficient (Wildman–Crippen LogP) is 2.63. The molecule has 43 heavy (non-hydrogen) atoms. The van der Waals surface area contributed by atoms with Gasteiger partial charge in [0.2, 0.25) is 17.7 Å². The Kier molecular flexibility index (Phi) is 9.08. The zero-order valence-electron chi connectivity index (χ0n) is 25.4. The van der Waals surface area contributed by atoms with Crippen LogP contribution in [0.4, 0.5) is 0 Å². The first-order valence-electron chi connectivity index (χ1n) is 15.4. The van der Waals surface area contributed by atoms with E-state index in [1.54, 1.807) is 33.9 Å². The first-order valence-corrected chi connectivity index (χ1v) is 15.4. The van der Waals surface area contributed by atoms with Crippen molar-refractivity contribution in [3.05, 3.63) is 60.2 Å². The number of esters is 1. The van der Waals surface area contributed by atoms with Crippen LogP contribution in [0, 0.1) is 11.8 Å². The smallest absolute Gasteiger partial charge is 0.313 e. The molecule has 7 atom stereocenters. The SMILES string of the molecule is CC(C)N1C/C=C\CCC(=O)N(C)[C@@H](C)[C@H](c2ccccc2)OC(=O)[C@@H]2[C@H]3C(=O)N(CCCCO)[C@H](C1=O)[C@]31C=C[C@H]2O1. The highest BCUT2D eigenvalue weighted by Gasteiger charge is 2.73. The fourth-order valence-electron chi connectivity index (χ4n) is 6.97. The van der Waals surface area contributed by atoms with Crippen LogP contribution in [-0.4, -0.2) is 100 Å². The number of hydrogen-bond acceptors (Lipinski definition) is 7. The number of cyclic esters (lactones) is 1. The summed E-state index contributed by atoms with van der Waals surface area (Å²) in [5, 5.41) is 9.42. The van der Waals surface area contributed by atoms with Gasteiger partial charge in [-0.1, -0.05) is 54.6 Å². The van der Waals surface area contributed by atoms with Crippen LogP contribution in [0.3, 0.4) is 0 Å². The molecule has 2 fully saturated rings. The lowest BCUT2D eigenvalue weighted by molar-refractivity contribution is -0.164. The number of ether oxygens (including phenoxy) is 2. The number of aliphatic hydroxyl groups excluding tert-OH is 1. The summed E-state index contributed by atoms with van der Waals surface area (Å²) in [6.07, 6.45) is 7.61. The van der Waals surface area contributed by atoms with Crippen molar-refractivity contribution in [2.45, 2.75) is 82.4 Å². The van der Waals surface area contributed by atoms with E-state index in [2.05, 4.69) is 0 Å². The number of benzene rings is 1. The summed E-state index contributed by atoms with van der Waals surface area (Å²) >= 11 is 0. The first kappa shape index (κ1) is 30.9. The third-order valence-corrected chi connectivity index (χ3v) is 9.40. The van der Waals surface area contributed by atoms with E-state index in [9.17, 15) is 24.3 Å². The molecule has 2 saturated heterocycles. The van der Waals surface area contributed by atoms with Crippen LogP contribution in [-0.2, 0) is 28.7 Å². The average Bonchev–Trinajstić information content (AvgIpc) is 3.64. The van der Waals surface area contributed by atoms with Gasteiger partial charge in [-0.05, 0) is 45.6 Å². The fourth-order valence-corrected chi connectivity index (χ4v) is 6.97. The number of likely N-dealkylation sites (tertiary alicyclic amines) is 1. The van der Waals surface area contributed by atoms with Gasteiger partial charge in [-0.25, -0.2) is 0 Å². The zero-order valence-corrected chi connectivity index (χ0v) is 25.4. The maximum atomic E-state index is 14.4. The second kappa shape index (κ2) is 12.6. The van der Waals surface area contributed by atoms with Gasteiger partial charge in [0.05, 0.1) is 18.1 Å². The molecule has 10 nitrogen and oxygen atoms in total. The number of nitrogens with zero attached hydrogens (tertiary/aromatic N) is 3. The lowest BCUT2D eigenvalue weighted by Crippen LogP contribution is -2.57. The third kappa shape index (κ3) is 5.51. The summed E-state index contributed by atoms with van der Waals surface area (Å²) < 4.78 is 12.7. The van der Waals surface area contributed by atoms with Crippen LogP contribution < -0.4 is 0 Å². The van der Waals surface area contributed by atoms with Crippen molar-refractivity contribution in [1.82, 2.24) is 14.7 Å². The second-order valence-corrected chi connectivity index (χ2v) is 12.3. The summed E-state index contributed by atoms with van der Waals surface area (Å²) in [5.74, 6) is -3.13. The highest BCUT2D eigenvalue weighted by Crippen LogP contribution is 2.56. The molecule has 0 unspecified atom stereocenters. The van der Waals surface area contributed by atoms with E-state index in [4.69, 9.17) is 9.47 Å². The summed E-state index contributed by atoms with van der Waals surface area (Å²) in [5.41, 5.74) is -0.563. The van der Waals surface area contributed by atoms with E-state index in [0.29, 0.717) is 25.8 Å². The number of aliphatic hydroxyl groups is 1. The maximum Gasteiger partial charge on any atom is 0.313 e. The van der Waals surface area contributed by atoms with Gasteiger partial charge in [0.25, 0.3) is 0 Å².